The number of anilines is 1. The van der Waals surface area contributed by atoms with Crippen molar-refractivity contribution in [1.29, 1.82) is 0 Å². The maximum atomic E-state index is 12.5. The van der Waals surface area contributed by atoms with Gasteiger partial charge in [-0.25, -0.2) is 9.78 Å². The Hall–Kier alpha value is -3.22. The Kier molecular flexibility index (Phi) is 5.49. The first-order valence-corrected chi connectivity index (χ1v) is 8.84. The van der Waals surface area contributed by atoms with Crippen LogP contribution in [-0.2, 0) is 0 Å². The Morgan fingerprint density at radius 2 is 1.74 bits per heavy atom. The molecule has 1 saturated heterocycles. The van der Waals surface area contributed by atoms with E-state index in [0.717, 1.165) is 25.9 Å². The third-order valence-electron chi connectivity index (χ3n) is 4.70. The third-order valence-corrected chi connectivity index (χ3v) is 4.70. The van der Waals surface area contributed by atoms with Crippen molar-refractivity contribution in [1.82, 2.24) is 9.88 Å². The van der Waals surface area contributed by atoms with Crippen LogP contribution in [0.1, 0.15) is 51.0 Å². The Bertz CT molecular complexity index is 856. The number of hydrogen-bond donors (Lipinski definition) is 2. The molecule has 2 heterocycles. The second-order valence-electron chi connectivity index (χ2n) is 6.74. The topological polar surface area (TPSA) is 99.6 Å². The van der Waals surface area contributed by atoms with Crippen LogP contribution in [-0.4, -0.2) is 45.9 Å². The first-order valence-electron chi connectivity index (χ1n) is 8.84. The van der Waals surface area contributed by atoms with E-state index in [2.05, 4.69) is 17.2 Å². The number of hydrogen-bond acceptors (Lipinski definition) is 4. The van der Waals surface area contributed by atoms with Gasteiger partial charge in [-0.3, -0.25) is 9.59 Å². The van der Waals surface area contributed by atoms with Crippen LogP contribution in [0.5, 0.6) is 0 Å². The molecule has 1 aromatic heterocycles. The average molecular weight is 367 g/mol. The standard InChI is InChI=1S/C20H21N3O4/c1-13-7-10-23(11-8-13)19(25)14-2-4-16(5-3-14)22-18(24)15-6-9-21-17(12-15)20(26)27/h2-6,9,12-13H,7-8,10-11H2,1H3,(H,22,24)(H,26,27). The zero-order chi connectivity index (χ0) is 19.4. The number of carboxylic acids is 1. The molecule has 1 aromatic carbocycles. The highest BCUT2D eigenvalue weighted by Crippen LogP contribution is 2.19. The Balaban J connectivity index is 1.65. The molecular weight excluding hydrogens is 346 g/mol. The third kappa shape index (κ3) is 4.49. The molecule has 3 rings (SSSR count). The largest absolute Gasteiger partial charge is 0.477 e. The molecular formula is C20H21N3O4. The fourth-order valence-corrected chi connectivity index (χ4v) is 2.98. The highest BCUT2D eigenvalue weighted by atomic mass is 16.4. The van der Waals surface area contributed by atoms with Gasteiger partial charge in [-0.15, -0.1) is 0 Å². The first kappa shape index (κ1) is 18.6. The van der Waals surface area contributed by atoms with Gasteiger partial charge in [0.1, 0.15) is 5.69 Å². The van der Waals surface area contributed by atoms with Gasteiger partial charge in [0.05, 0.1) is 0 Å². The summed E-state index contributed by atoms with van der Waals surface area (Å²) in [5.41, 5.74) is 1.11. The van der Waals surface area contributed by atoms with E-state index in [4.69, 9.17) is 5.11 Å². The Morgan fingerprint density at radius 3 is 2.37 bits per heavy atom. The molecule has 27 heavy (non-hydrogen) atoms. The van der Waals surface area contributed by atoms with Crippen LogP contribution in [0.2, 0.25) is 0 Å². The van der Waals surface area contributed by atoms with Crippen LogP contribution >= 0.6 is 0 Å². The number of carboxylic acid groups (broad SMARTS) is 1. The van der Waals surface area contributed by atoms with Gasteiger partial charge in [-0.1, -0.05) is 6.92 Å². The van der Waals surface area contributed by atoms with Crippen LogP contribution < -0.4 is 5.32 Å². The van der Waals surface area contributed by atoms with Crippen LogP contribution in [0, 0.1) is 5.92 Å². The van der Waals surface area contributed by atoms with Crippen LogP contribution in [0.3, 0.4) is 0 Å². The van der Waals surface area contributed by atoms with Crippen molar-refractivity contribution in [2.45, 2.75) is 19.8 Å². The molecule has 2 aromatic rings. The molecule has 1 fully saturated rings. The highest BCUT2D eigenvalue weighted by Gasteiger charge is 2.21. The predicted molar refractivity (Wildman–Crippen MR) is 99.9 cm³/mol. The predicted octanol–water partition coefficient (Wildman–Crippen LogP) is 2.90. The summed E-state index contributed by atoms with van der Waals surface area (Å²) in [5, 5.41) is 11.6. The van der Waals surface area contributed by atoms with Crippen molar-refractivity contribution in [3.05, 3.63) is 59.4 Å². The van der Waals surface area contributed by atoms with E-state index in [1.807, 2.05) is 4.90 Å². The van der Waals surface area contributed by atoms with Crippen molar-refractivity contribution >= 4 is 23.5 Å². The minimum absolute atomic E-state index is 0.00000952. The number of benzene rings is 1. The van der Waals surface area contributed by atoms with E-state index in [1.54, 1.807) is 24.3 Å². The molecule has 7 nitrogen and oxygen atoms in total. The van der Waals surface area contributed by atoms with Gasteiger partial charge in [0.25, 0.3) is 11.8 Å². The van der Waals surface area contributed by atoms with Crippen molar-refractivity contribution in [2.24, 2.45) is 5.92 Å². The molecule has 1 aliphatic heterocycles. The van der Waals surface area contributed by atoms with Gasteiger partial charge in [-0.2, -0.15) is 0 Å². The molecule has 7 heteroatoms. The molecule has 2 N–H and O–H groups in total. The lowest BCUT2D eigenvalue weighted by Gasteiger charge is -2.30. The fourth-order valence-electron chi connectivity index (χ4n) is 2.98. The maximum Gasteiger partial charge on any atom is 0.354 e. The SMILES string of the molecule is CC1CCN(C(=O)c2ccc(NC(=O)c3ccnc(C(=O)O)c3)cc2)CC1. The van der Waals surface area contributed by atoms with E-state index >= 15 is 0 Å². The van der Waals surface area contributed by atoms with E-state index in [9.17, 15) is 14.4 Å². The van der Waals surface area contributed by atoms with E-state index < -0.39 is 11.9 Å². The molecule has 0 aliphatic carbocycles. The second-order valence-corrected chi connectivity index (χ2v) is 6.74. The van der Waals surface area contributed by atoms with E-state index in [1.165, 1.54) is 18.3 Å². The van der Waals surface area contributed by atoms with Gasteiger partial charge in [-0.05, 0) is 55.2 Å². The summed E-state index contributed by atoms with van der Waals surface area (Å²) >= 11 is 0. The zero-order valence-electron chi connectivity index (χ0n) is 15.0. The number of amides is 2. The number of rotatable bonds is 4. The lowest BCUT2D eigenvalue weighted by molar-refractivity contribution is 0.0684. The number of aromatic nitrogens is 1. The second kappa shape index (κ2) is 7.99. The van der Waals surface area contributed by atoms with E-state index in [-0.39, 0.29) is 17.2 Å². The number of aromatic carboxylic acids is 1. The Morgan fingerprint density at radius 1 is 1.07 bits per heavy atom. The summed E-state index contributed by atoms with van der Waals surface area (Å²) in [6, 6.07) is 9.36. The average Bonchev–Trinajstić information content (AvgIpc) is 2.68. The van der Waals surface area contributed by atoms with Crippen molar-refractivity contribution < 1.29 is 19.5 Å². The molecule has 0 spiro atoms. The molecule has 140 valence electrons. The summed E-state index contributed by atoms with van der Waals surface area (Å²) in [7, 11) is 0. The molecule has 0 atom stereocenters. The van der Waals surface area contributed by atoms with Crippen LogP contribution in [0.4, 0.5) is 5.69 Å². The summed E-state index contributed by atoms with van der Waals surface area (Å²) in [6.45, 7) is 3.74. The molecule has 0 unspecified atom stereocenters. The molecule has 0 saturated carbocycles. The highest BCUT2D eigenvalue weighted by molar-refractivity contribution is 6.05. The van der Waals surface area contributed by atoms with Gasteiger partial charge < -0.3 is 15.3 Å². The number of nitrogens with zero attached hydrogens (tertiary/aromatic N) is 2. The zero-order valence-corrected chi connectivity index (χ0v) is 15.0. The summed E-state index contributed by atoms with van der Waals surface area (Å²) in [6.07, 6.45) is 3.31. The summed E-state index contributed by atoms with van der Waals surface area (Å²) < 4.78 is 0. The van der Waals surface area contributed by atoms with Crippen LogP contribution in [0.25, 0.3) is 0 Å². The van der Waals surface area contributed by atoms with Gasteiger partial charge in [0.15, 0.2) is 0 Å². The molecule has 0 bridgehead atoms. The smallest absolute Gasteiger partial charge is 0.354 e. The van der Waals surface area contributed by atoms with Crippen molar-refractivity contribution in [2.75, 3.05) is 18.4 Å². The Labute approximate surface area is 157 Å². The quantitative estimate of drug-likeness (QED) is 0.865. The monoisotopic (exact) mass is 367 g/mol. The summed E-state index contributed by atoms with van der Waals surface area (Å²) in [4.78, 5) is 41.3. The molecule has 2 amide bonds. The van der Waals surface area contributed by atoms with Crippen LogP contribution in [0.15, 0.2) is 42.6 Å². The number of carbonyl (C=O) groups is 3. The number of pyridine rings is 1. The van der Waals surface area contributed by atoms with Gasteiger partial charge in [0, 0.05) is 36.1 Å². The van der Waals surface area contributed by atoms with E-state index in [0.29, 0.717) is 17.2 Å². The minimum Gasteiger partial charge on any atom is -0.477 e. The minimum atomic E-state index is -1.19. The van der Waals surface area contributed by atoms with Crippen molar-refractivity contribution in [3.63, 3.8) is 0 Å². The van der Waals surface area contributed by atoms with Crippen molar-refractivity contribution in [3.8, 4) is 0 Å². The molecule has 1 aliphatic rings. The molecule has 0 radical (unpaired) electrons. The number of carbonyl (C=O) groups excluding carboxylic acids is 2. The fraction of sp³-hybridized carbons (Fsp3) is 0.300. The van der Waals surface area contributed by atoms with Gasteiger partial charge >= 0.3 is 5.97 Å². The maximum absolute atomic E-state index is 12.5. The first-order chi connectivity index (χ1) is 12.9. The van der Waals surface area contributed by atoms with Gasteiger partial charge in [0.2, 0.25) is 0 Å². The number of likely N-dealkylation sites (tertiary alicyclic amines) is 1. The lowest BCUT2D eigenvalue weighted by atomic mass is 9.98. The number of piperidine rings is 1. The lowest BCUT2D eigenvalue weighted by Crippen LogP contribution is -2.37. The normalized spacial score (nSPS) is 14.6. The summed E-state index contributed by atoms with van der Waals surface area (Å²) in [5.74, 6) is -0.981. The number of nitrogens with one attached hydrogen (secondary N) is 1.